The number of amides is 3. The molecule has 0 aliphatic rings. The van der Waals surface area contributed by atoms with Gasteiger partial charge in [0.05, 0.1) is 12.2 Å². The first kappa shape index (κ1) is 13.6. The Hall–Kier alpha value is -2.80. The maximum atomic E-state index is 11.3. The Morgan fingerprint density at radius 3 is 2.35 bits per heavy atom. The summed E-state index contributed by atoms with van der Waals surface area (Å²) in [5.74, 6) is -0.519. The summed E-state index contributed by atoms with van der Waals surface area (Å²) in [7, 11) is 0. The van der Waals surface area contributed by atoms with Crippen LogP contribution in [0.5, 0.6) is 0 Å². The zero-order valence-corrected chi connectivity index (χ0v) is 10.5. The molecule has 0 saturated carbocycles. The monoisotopic (exact) mass is 274 g/mol. The van der Waals surface area contributed by atoms with Gasteiger partial charge in [0.25, 0.3) is 5.91 Å². The van der Waals surface area contributed by atoms with Crippen molar-refractivity contribution < 1.29 is 14.7 Å². The normalized spacial score (nSPS) is 10.2. The van der Waals surface area contributed by atoms with Gasteiger partial charge in [-0.3, -0.25) is 10.1 Å². The molecule has 0 atom stereocenters. The average Bonchev–Trinajstić information content (AvgIpc) is 2.82. The minimum absolute atomic E-state index is 0.0496. The smallest absolute Gasteiger partial charge is 0.317 e. The third-order valence-electron chi connectivity index (χ3n) is 2.78. The van der Waals surface area contributed by atoms with Crippen molar-refractivity contribution in [3.8, 4) is 11.3 Å². The maximum Gasteiger partial charge on any atom is 0.317 e. The molecule has 20 heavy (non-hydrogen) atoms. The molecule has 0 aliphatic heterocycles. The minimum Gasteiger partial charge on any atom is -0.392 e. The molecule has 0 aliphatic carbocycles. The molecule has 0 fully saturated rings. The third kappa shape index (κ3) is 2.78. The Labute approximate surface area is 114 Å². The van der Waals surface area contributed by atoms with Crippen molar-refractivity contribution in [3.05, 3.63) is 41.5 Å². The van der Waals surface area contributed by atoms with E-state index in [9.17, 15) is 9.59 Å². The number of anilines is 1. The Morgan fingerprint density at radius 2 is 1.85 bits per heavy atom. The molecule has 1 aromatic carbocycles. The van der Waals surface area contributed by atoms with Crippen LogP contribution in [0.3, 0.4) is 0 Å². The van der Waals surface area contributed by atoms with Crippen molar-refractivity contribution in [3.63, 3.8) is 0 Å². The number of aromatic nitrogens is 1. The molecular formula is C13H14N4O3. The Kier molecular flexibility index (Phi) is 3.72. The van der Waals surface area contributed by atoms with Gasteiger partial charge in [-0.2, -0.15) is 0 Å². The van der Waals surface area contributed by atoms with Crippen LogP contribution in [0.15, 0.2) is 30.3 Å². The van der Waals surface area contributed by atoms with Crippen molar-refractivity contribution in [2.24, 2.45) is 11.5 Å². The first-order valence-corrected chi connectivity index (χ1v) is 5.80. The van der Waals surface area contributed by atoms with Gasteiger partial charge in [0.15, 0.2) is 0 Å². The lowest BCUT2D eigenvalue weighted by Gasteiger charge is -2.01. The molecule has 3 amide bonds. The van der Waals surface area contributed by atoms with Gasteiger partial charge >= 0.3 is 6.03 Å². The fraction of sp³-hybridized carbons (Fsp3) is 0.0769. The molecule has 2 rings (SSSR count). The third-order valence-corrected chi connectivity index (χ3v) is 2.78. The topological polar surface area (TPSA) is 134 Å². The molecule has 7 nitrogen and oxygen atoms in total. The lowest BCUT2D eigenvalue weighted by atomic mass is 10.1. The van der Waals surface area contributed by atoms with Crippen LogP contribution in [-0.2, 0) is 6.61 Å². The van der Waals surface area contributed by atoms with E-state index in [1.54, 1.807) is 24.3 Å². The van der Waals surface area contributed by atoms with Crippen LogP contribution in [0.4, 0.5) is 10.6 Å². The molecule has 0 unspecified atom stereocenters. The number of hydrogen-bond donors (Lipinski definition) is 5. The van der Waals surface area contributed by atoms with E-state index in [1.165, 1.54) is 6.07 Å². The van der Waals surface area contributed by atoms with Crippen LogP contribution >= 0.6 is 0 Å². The highest BCUT2D eigenvalue weighted by Gasteiger charge is 2.15. The van der Waals surface area contributed by atoms with E-state index < -0.39 is 11.9 Å². The number of hydrogen-bond acceptors (Lipinski definition) is 3. The SMILES string of the molecule is NC(=O)Nc1[nH]c(-c2ccc(CO)cc2)cc1C(N)=O. The van der Waals surface area contributed by atoms with Crippen LogP contribution in [0.25, 0.3) is 11.3 Å². The lowest BCUT2D eigenvalue weighted by molar-refractivity contribution is 0.100. The van der Waals surface area contributed by atoms with Gasteiger partial charge in [-0.05, 0) is 17.2 Å². The largest absolute Gasteiger partial charge is 0.392 e. The molecule has 2 aromatic rings. The number of rotatable bonds is 4. The minimum atomic E-state index is -0.795. The maximum absolute atomic E-state index is 11.3. The Bertz CT molecular complexity index is 646. The predicted octanol–water partition coefficient (Wildman–Crippen LogP) is 0.764. The van der Waals surface area contributed by atoms with Gasteiger partial charge in [0.1, 0.15) is 5.82 Å². The lowest BCUT2D eigenvalue weighted by Crippen LogP contribution is -2.22. The summed E-state index contributed by atoms with van der Waals surface area (Å²) in [4.78, 5) is 25.1. The van der Waals surface area contributed by atoms with Crippen LogP contribution in [0, 0.1) is 0 Å². The van der Waals surface area contributed by atoms with Gasteiger partial charge in [-0.1, -0.05) is 24.3 Å². The fourth-order valence-electron chi connectivity index (χ4n) is 1.82. The average molecular weight is 274 g/mol. The second kappa shape index (κ2) is 5.45. The molecule has 104 valence electrons. The van der Waals surface area contributed by atoms with Gasteiger partial charge in [-0.25, -0.2) is 4.79 Å². The summed E-state index contributed by atoms with van der Waals surface area (Å²) >= 11 is 0. The summed E-state index contributed by atoms with van der Waals surface area (Å²) in [5, 5.41) is 11.3. The number of nitrogens with one attached hydrogen (secondary N) is 2. The quantitative estimate of drug-likeness (QED) is 0.563. The number of carbonyl (C=O) groups excluding carboxylic acids is 2. The van der Waals surface area contributed by atoms with Crippen LogP contribution < -0.4 is 16.8 Å². The summed E-state index contributed by atoms with van der Waals surface area (Å²) in [6.45, 7) is -0.0496. The van der Waals surface area contributed by atoms with E-state index in [2.05, 4.69) is 10.3 Å². The van der Waals surface area contributed by atoms with Crippen molar-refractivity contribution in [2.45, 2.75) is 6.61 Å². The van der Waals surface area contributed by atoms with Gasteiger partial charge in [0, 0.05) is 5.69 Å². The number of aliphatic hydroxyl groups excluding tert-OH is 1. The molecule has 7 N–H and O–H groups in total. The number of aromatic amines is 1. The van der Waals surface area contributed by atoms with Crippen molar-refractivity contribution in [1.29, 1.82) is 0 Å². The second-order valence-corrected chi connectivity index (χ2v) is 4.18. The van der Waals surface area contributed by atoms with Gasteiger partial charge < -0.3 is 21.6 Å². The second-order valence-electron chi connectivity index (χ2n) is 4.18. The van der Waals surface area contributed by atoms with Gasteiger partial charge in [-0.15, -0.1) is 0 Å². The number of nitrogens with two attached hydrogens (primary N) is 2. The fourth-order valence-corrected chi connectivity index (χ4v) is 1.82. The van der Waals surface area contributed by atoms with Crippen molar-refractivity contribution in [2.75, 3.05) is 5.32 Å². The summed E-state index contributed by atoms with van der Waals surface area (Å²) in [6.07, 6.45) is 0. The van der Waals surface area contributed by atoms with Crippen molar-refractivity contribution in [1.82, 2.24) is 4.98 Å². The number of aliphatic hydroxyl groups is 1. The van der Waals surface area contributed by atoms with E-state index >= 15 is 0 Å². The highest BCUT2D eigenvalue weighted by molar-refractivity contribution is 6.02. The highest BCUT2D eigenvalue weighted by atomic mass is 16.3. The molecule has 1 heterocycles. The number of urea groups is 1. The van der Waals surface area contributed by atoms with Gasteiger partial charge in [0.2, 0.25) is 0 Å². The van der Waals surface area contributed by atoms with Crippen LogP contribution in [0.1, 0.15) is 15.9 Å². The molecule has 0 radical (unpaired) electrons. The van der Waals surface area contributed by atoms with E-state index in [0.29, 0.717) is 5.69 Å². The number of H-pyrrole nitrogens is 1. The Morgan fingerprint density at radius 1 is 1.20 bits per heavy atom. The Balaban J connectivity index is 2.41. The summed E-state index contributed by atoms with van der Waals surface area (Å²) in [5.41, 5.74) is 12.6. The summed E-state index contributed by atoms with van der Waals surface area (Å²) < 4.78 is 0. The number of primary amides is 2. The molecule has 1 aromatic heterocycles. The molecule has 0 saturated heterocycles. The predicted molar refractivity (Wildman–Crippen MR) is 73.9 cm³/mol. The van der Waals surface area contributed by atoms with E-state index in [1.807, 2.05) is 0 Å². The zero-order valence-electron chi connectivity index (χ0n) is 10.5. The van der Waals surface area contributed by atoms with Crippen molar-refractivity contribution >= 4 is 17.8 Å². The molecule has 0 spiro atoms. The molecule has 7 heteroatoms. The first-order valence-electron chi connectivity index (χ1n) is 5.80. The molecular weight excluding hydrogens is 260 g/mol. The van der Waals surface area contributed by atoms with E-state index in [-0.39, 0.29) is 18.0 Å². The van der Waals surface area contributed by atoms with E-state index in [0.717, 1.165) is 11.1 Å². The first-order chi connectivity index (χ1) is 9.51. The van der Waals surface area contributed by atoms with E-state index in [4.69, 9.17) is 16.6 Å². The van der Waals surface area contributed by atoms with Crippen LogP contribution in [-0.4, -0.2) is 22.0 Å². The highest BCUT2D eigenvalue weighted by Crippen LogP contribution is 2.25. The summed E-state index contributed by atoms with van der Waals surface area (Å²) in [6, 6.07) is 7.79. The number of carbonyl (C=O) groups is 2. The number of benzene rings is 1. The molecule has 0 bridgehead atoms. The zero-order chi connectivity index (χ0) is 14.7. The standard InChI is InChI=1S/C13H14N4O3/c14-11(19)9-5-10(16-12(9)17-13(15)20)8-3-1-7(6-18)2-4-8/h1-5,16,18H,6H2,(H2,14,19)(H3,15,17,20). The van der Waals surface area contributed by atoms with Crippen LogP contribution in [0.2, 0.25) is 0 Å².